The zero-order valence-electron chi connectivity index (χ0n) is 7.26. The second-order valence-corrected chi connectivity index (χ2v) is 2.24. The second-order valence-electron chi connectivity index (χ2n) is 2.24. The summed E-state index contributed by atoms with van der Waals surface area (Å²) in [5.41, 5.74) is 0. The first-order valence-electron chi connectivity index (χ1n) is 3.98. The van der Waals surface area contributed by atoms with Crippen molar-refractivity contribution in [1.82, 2.24) is 0 Å². The first kappa shape index (κ1) is 10.4. The molecule has 1 fully saturated rings. The summed E-state index contributed by atoms with van der Waals surface area (Å²) >= 11 is 0. The van der Waals surface area contributed by atoms with Gasteiger partial charge >= 0.3 is 5.97 Å². The van der Waals surface area contributed by atoms with Crippen molar-refractivity contribution in [2.75, 3.05) is 19.8 Å². The number of rotatable bonds is 1. The topological polar surface area (TPSA) is 35.5 Å². The van der Waals surface area contributed by atoms with Crippen LogP contribution in [0, 0.1) is 0 Å². The fourth-order valence-corrected chi connectivity index (χ4v) is 0.714. The van der Waals surface area contributed by atoms with Gasteiger partial charge in [0.15, 0.2) is 0 Å². The summed E-state index contributed by atoms with van der Waals surface area (Å²) in [5, 5.41) is 0. The Morgan fingerprint density at radius 1 is 1.45 bits per heavy atom. The maximum Gasteiger partial charge on any atom is 0.302 e. The van der Waals surface area contributed by atoms with E-state index in [0.717, 1.165) is 13.2 Å². The third-order valence-electron chi connectivity index (χ3n) is 1.17. The fraction of sp³-hybridized carbons (Fsp3) is 0.875. The summed E-state index contributed by atoms with van der Waals surface area (Å²) in [6.07, 6.45) is 2.56. The highest BCUT2D eigenvalue weighted by molar-refractivity contribution is 5.65. The summed E-state index contributed by atoms with van der Waals surface area (Å²) in [6.45, 7) is 5.65. The lowest BCUT2D eigenvalue weighted by Crippen LogP contribution is -1.95. The van der Waals surface area contributed by atoms with Crippen LogP contribution in [0.25, 0.3) is 0 Å². The molecule has 0 aromatic heterocycles. The van der Waals surface area contributed by atoms with Gasteiger partial charge in [-0.2, -0.15) is 0 Å². The molecule has 0 unspecified atom stereocenters. The maximum atomic E-state index is 9.82. The van der Waals surface area contributed by atoms with Gasteiger partial charge in [-0.25, -0.2) is 0 Å². The Morgan fingerprint density at radius 3 is 2.09 bits per heavy atom. The molecule has 66 valence electrons. The van der Waals surface area contributed by atoms with Crippen molar-refractivity contribution in [3.05, 3.63) is 0 Å². The van der Waals surface area contributed by atoms with Crippen molar-refractivity contribution in [3.63, 3.8) is 0 Å². The van der Waals surface area contributed by atoms with Crippen molar-refractivity contribution in [3.8, 4) is 0 Å². The van der Waals surface area contributed by atoms with E-state index in [2.05, 4.69) is 4.74 Å². The van der Waals surface area contributed by atoms with Gasteiger partial charge in [-0.1, -0.05) is 0 Å². The Morgan fingerprint density at radius 2 is 2.00 bits per heavy atom. The summed E-state index contributed by atoms with van der Waals surface area (Å²) in [7, 11) is 0. The van der Waals surface area contributed by atoms with Gasteiger partial charge in [0, 0.05) is 20.1 Å². The molecule has 0 aliphatic carbocycles. The van der Waals surface area contributed by atoms with Gasteiger partial charge in [0.2, 0.25) is 0 Å². The maximum absolute atomic E-state index is 9.82. The van der Waals surface area contributed by atoms with Crippen molar-refractivity contribution >= 4 is 5.97 Å². The third-order valence-corrected chi connectivity index (χ3v) is 1.17. The Labute approximate surface area is 67.7 Å². The molecule has 0 spiro atoms. The molecule has 1 saturated heterocycles. The van der Waals surface area contributed by atoms with Crippen molar-refractivity contribution in [1.29, 1.82) is 0 Å². The minimum Gasteiger partial charge on any atom is -0.466 e. The van der Waals surface area contributed by atoms with E-state index in [9.17, 15) is 4.79 Å². The van der Waals surface area contributed by atoms with Crippen LogP contribution < -0.4 is 0 Å². The van der Waals surface area contributed by atoms with Gasteiger partial charge in [-0.15, -0.1) is 0 Å². The fourth-order valence-electron chi connectivity index (χ4n) is 0.714. The highest BCUT2D eigenvalue weighted by Gasteiger charge is 1.94. The zero-order chi connectivity index (χ0) is 8.53. The minimum atomic E-state index is -0.211. The molecule has 0 bridgehead atoms. The van der Waals surface area contributed by atoms with Gasteiger partial charge in [-0.05, 0) is 19.8 Å². The van der Waals surface area contributed by atoms with E-state index < -0.39 is 0 Å². The van der Waals surface area contributed by atoms with E-state index in [1.54, 1.807) is 6.92 Å². The Bertz CT molecular complexity index is 89.9. The van der Waals surface area contributed by atoms with Gasteiger partial charge in [0.05, 0.1) is 6.61 Å². The number of ether oxygens (including phenoxy) is 2. The molecule has 1 aliphatic heterocycles. The lowest BCUT2D eigenvalue weighted by Gasteiger charge is -1.89. The smallest absolute Gasteiger partial charge is 0.302 e. The van der Waals surface area contributed by atoms with Crippen LogP contribution in [0.3, 0.4) is 0 Å². The average molecular weight is 160 g/mol. The van der Waals surface area contributed by atoms with Gasteiger partial charge < -0.3 is 9.47 Å². The minimum absolute atomic E-state index is 0.211. The molecule has 0 aromatic carbocycles. The summed E-state index contributed by atoms with van der Waals surface area (Å²) in [5.74, 6) is -0.211. The third kappa shape index (κ3) is 9.43. The van der Waals surface area contributed by atoms with E-state index in [1.807, 2.05) is 0 Å². The lowest BCUT2D eigenvalue weighted by molar-refractivity contribution is -0.140. The van der Waals surface area contributed by atoms with Crippen molar-refractivity contribution in [2.45, 2.75) is 26.7 Å². The number of hydrogen-bond donors (Lipinski definition) is 0. The number of carbonyl (C=O) groups is 1. The molecular formula is C8H16O3. The highest BCUT2D eigenvalue weighted by Crippen LogP contribution is 1.98. The van der Waals surface area contributed by atoms with Crippen LogP contribution in [-0.4, -0.2) is 25.8 Å². The van der Waals surface area contributed by atoms with Crippen LogP contribution in [0.4, 0.5) is 0 Å². The molecule has 0 radical (unpaired) electrons. The molecule has 0 saturated carbocycles. The molecular weight excluding hydrogens is 144 g/mol. The van der Waals surface area contributed by atoms with E-state index >= 15 is 0 Å². The van der Waals surface area contributed by atoms with E-state index in [-0.39, 0.29) is 5.97 Å². The van der Waals surface area contributed by atoms with E-state index in [1.165, 1.54) is 19.8 Å². The van der Waals surface area contributed by atoms with Crippen LogP contribution in [0.1, 0.15) is 26.7 Å². The average Bonchev–Trinajstić information content (AvgIpc) is 2.41. The Balaban J connectivity index is 0.000000183. The molecule has 0 amide bonds. The monoisotopic (exact) mass is 160 g/mol. The molecule has 3 heteroatoms. The predicted molar refractivity (Wildman–Crippen MR) is 42.4 cm³/mol. The van der Waals surface area contributed by atoms with Crippen LogP contribution in [0.15, 0.2) is 0 Å². The van der Waals surface area contributed by atoms with Crippen LogP contribution in [0.2, 0.25) is 0 Å². The van der Waals surface area contributed by atoms with Gasteiger partial charge in [0.1, 0.15) is 0 Å². The molecule has 1 rings (SSSR count). The number of hydrogen-bond acceptors (Lipinski definition) is 3. The highest BCUT2D eigenvalue weighted by atomic mass is 16.5. The molecule has 0 aromatic rings. The molecule has 3 nitrogen and oxygen atoms in total. The summed E-state index contributed by atoms with van der Waals surface area (Å²) in [6, 6.07) is 0. The lowest BCUT2D eigenvalue weighted by atomic mass is 10.4. The van der Waals surface area contributed by atoms with E-state index in [0.29, 0.717) is 6.61 Å². The first-order chi connectivity index (χ1) is 5.27. The van der Waals surface area contributed by atoms with Crippen molar-refractivity contribution < 1.29 is 14.3 Å². The van der Waals surface area contributed by atoms with Crippen LogP contribution in [-0.2, 0) is 14.3 Å². The standard InChI is InChI=1S/C4H8O2.C4H8O/c1-3-6-4(2)5;1-2-4-5-3-1/h3H2,1-2H3;1-4H2. The van der Waals surface area contributed by atoms with Gasteiger partial charge in [-0.3, -0.25) is 4.79 Å². The molecule has 11 heavy (non-hydrogen) atoms. The second kappa shape index (κ2) is 7.54. The number of carbonyl (C=O) groups excluding carboxylic acids is 1. The van der Waals surface area contributed by atoms with Crippen LogP contribution >= 0.6 is 0 Å². The molecule has 1 aliphatic rings. The molecule has 0 atom stereocenters. The van der Waals surface area contributed by atoms with Crippen molar-refractivity contribution in [2.24, 2.45) is 0 Å². The Kier molecular flexibility index (Phi) is 7.15. The summed E-state index contributed by atoms with van der Waals surface area (Å²) in [4.78, 5) is 9.82. The zero-order valence-corrected chi connectivity index (χ0v) is 7.26. The summed E-state index contributed by atoms with van der Waals surface area (Å²) < 4.78 is 9.35. The molecule has 1 heterocycles. The predicted octanol–water partition coefficient (Wildman–Crippen LogP) is 1.37. The quantitative estimate of drug-likeness (QED) is 0.543. The van der Waals surface area contributed by atoms with E-state index in [4.69, 9.17) is 4.74 Å². The van der Waals surface area contributed by atoms with Gasteiger partial charge in [0.25, 0.3) is 0 Å². The Hall–Kier alpha value is -0.570. The largest absolute Gasteiger partial charge is 0.466 e. The number of esters is 1. The molecule has 0 N–H and O–H groups in total. The SMILES string of the molecule is C1CCOC1.CCOC(C)=O. The first-order valence-corrected chi connectivity index (χ1v) is 3.98. The normalized spacial score (nSPS) is 15.1. The van der Waals surface area contributed by atoms with Crippen LogP contribution in [0.5, 0.6) is 0 Å².